The number of nitrogens with one attached hydrogen (secondary N) is 1. The lowest BCUT2D eigenvalue weighted by Gasteiger charge is -2.42. The van der Waals surface area contributed by atoms with Gasteiger partial charge in [-0.05, 0) is 50.5 Å². The van der Waals surface area contributed by atoms with Crippen LogP contribution in [-0.4, -0.2) is 78.9 Å². The maximum Gasteiger partial charge on any atom is 0.407 e. The van der Waals surface area contributed by atoms with Gasteiger partial charge in [-0.3, -0.25) is 9.80 Å². The third-order valence-corrected chi connectivity index (χ3v) is 7.58. The van der Waals surface area contributed by atoms with Crippen molar-refractivity contribution < 1.29 is 14.3 Å². The molecule has 1 amide bonds. The van der Waals surface area contributed by atoms with Crippen LogP contribution in [0.2, 0.25) is 0 Å². The van der Waals surface area contributed by atoms with Crippen molar-refractivity contribution in [3.63, 3.8) is 0 Å². The van der Waals surface area contributed by atoms with Crippen molar-refractivity contribution in [1.82, 2.24) is 20.1 Å². The molecule has 33 heavy (non-hydrogen) atoms. The number of carbonyl (C=O) groups is 1. The molecule has 9 heteroatoms. The number of nitrogens with zero attached hydrogens (tertiary/aromatic N) is 4. The van der Waals surface area contributed by atoms with Gasteiger partial charge in [-0.1, -0.05) is 0 Å². The van der Waals surface area contributed by atoms with Crippen LogP contribution >= 0.6 is 11.3 Å². The number of amides is 1. The van der Waals surface area contributed by atoms with E-state index in [1.54, 1.807) is 35.6 Å². The summed E-state index contributed by atoms with van der Waals surface area (Å²) in [5.41, 5.74) is 3.67. The zero-order valence-electron chi connectivity index (χ0n) is 19.2. The number of nitriles is 1. The van der Waals surface area contributed by atoms with Crippen LogP contribution < -0.4 is 10.1 Å². The molecule has 2 saturated heterocycles. The molecule has 1 aromatic heterocycles. The maximum absolute atomic E-state index is 12.0. The van der Waals surface area contributed by atoms with E-state index in [0.717, 1.165) is 38.3 Å². The summed E-state index contributed by atoms with van der Waals surface area (Å²) in [6, 6.07) is 9.90. The second-order valence-corrected chi connectivity index (χ2v) is 9.67. The Bertz CT molecular complexity index is 959. The summed E-state index contributed by atoms with van der Waals surface area (Å²) in [6.45, 7) is 6.32. The fraction of sp³-hybridized carbons (Fsp3) is 0.542. The van der Waals surface area contributed by atoms with Crippen molar-refractivity contribution in [2.24, 2.45) is 0 Å². The van der Waals surface area contributed by atoms with E-state index in [2.05, 4.69) is 33.1 Å². The summed E-state index contributed by atoms with van der Waals surface area (Å²) in [5.74, 6) is 0.678. The largest absolute Gasteiger partial charge is 0.491 e. The van der Waals surface area contributed by atoms with Gasteiger partial charge in [-0.25, -0.2) is 9.78 Å². The van der Waals surface area contributed by atoms with Crippen LogP contribution in [0.3, 0.4) is 0 Å². The number of hydrogen-bond donors (Lipinski definition) is 1. The van der Waals surface area contributed by atoms with Gasteiger partial charge in [0.15, 0.2) is 0 Å². The Morgan fingerprint density at radius 1 is 1.30 bits per heavy atom. The number of aromatic nitrogens is 1. The number of thiazole rings is 1. The number of hydrogen-bond acceptors (Lipinski definition) is 8. The number of rotatable bonds is 9. The van der Waals surface area contributed by atoms with Crippen molar-refractivity contribution in [2.45, 2.75) is 44.3 Å². The lowest BCUT2D eigenvalue weighted by Crippen LogP contribution is -2.58. The molecule has 1 N–H and O–H groups in total. The van der Waals surface area contributed by atoms with Gasteiger partial charge in [0, 0.05) is 43.1 Å². The third-order valence-electron chi connectivity index (χ3n) is 6.58. The SMILES string of the molecule is COC(=O)N[C@H](COc1ccc(C#N)cc1)CN1C2CCC1CN(CCc1scnc1C)C2. The average Bonchev–Trinajstić information content (AvgIpc) is 3.34. The quantitative estimate of drug-likeness (QED) is 0.604. The topological polar surface area (TPSA) is 90.7 Å². The molecule has 2 aromatic rings. The molecule has 4 rings (SSSR count). The highest BCUT2D eigenvalue weighted by molar-refractivity contribution is 7.09. The predicted octanol–water partition coefficient (Wildman–Crippen LogP) is 2.82. The normalized spacial score (nSPS) is 21.4. The first kappa shape index (κ1) is 23.5. The Balaban J connectivity index is 1.33. The Morgan fingerprint density at radius 2 is 2.03 bits per heavy atom. The molecule has 2 bridgehead atoms. The molecule has 2 unspecified atom stereocenters. The predicted molar refractivity (Wildman–Crippen MR) is 126 cm³/mol. The van der Waals surface area contributed by atoms with E-state index < -0.39 is 6.09 Å². The summed E-state index contributed by atoms with van der Waals surface area (Å²) >= 11 is 1.75. The first-order chi connectivity index (χ1) is 16.1. The van der Waals surface area contributed by atoms with Crippen LogP contribution in [0.4, 0.5) is 4.79 Å². The number of fused-ring (bicyclic) bond motifs is 2. The highest BCUT2D eigenvalue weighted by atomic mass is 32.1. The van der Waals surface area contributed by atoms with E-state index in [4.69, 9.17) is 14.7 Å². The molecule has 0 spiro atoms. The summed E-state index contributed by atoms with van der Waals surface area (Å²) in [5, 5.41) is 11.9. The van der Waals surface area contributed by atoms with Crippen molar-refractivity contribution >= 4 is 17.4 Å². The number of benzene rings is 1. The molecule has 176 valence electrons. The van der Waals surface area contributed by atoms with Gasteiger partial charge < -0.3 is 14.8 Å². The van der Waals surface area contributed by atoms with E-state index in [1.807, 2.05) is 5.51 Å². The fourth-order valence-electron chi connectivity index (χ4n) is 4.83. The molecular formula is C24H31N5O3S. The van der Waals surface area contributed by atoms with E-state index >= 15 is 0 Å². The molecule has 3 heterocycles. The third kappa shape index (κ3) is 6.02. The van der Waals surface area contributed by atoms with E-state index in [0.29, 0.717) is 30.0 Å². The minimum Gasteiger partial charge on any atom is -0.491 e. The first-order valence-corrected chi connectivity index (χ1v) is 12.3. The van der Waals surface area contributed by atoms with Gasteiger partial charge in [0.25, 0.3) is 0 Å². The summed E-state index contributed by atoms with van der Waals surface area (Å²) in [4.78, 5) is 22.8. The molecule has 8 nitrogen and oxygen atoms in total. The smallest absolute Gasteiger partial charge is 0.407 e. The van der Waals surface area contributed by atoms with Gasteiger partial charge in [0.2, 0.25) is 0 Å². The zero-order chi connectivity index (χ0) is 23.2. The number of piperazine rings is 1. The summed E-state index contributed by atoms with van der Waals surface area (Å²) in [6.07, 6.45) is 2.97. The lowest BCUT2D eigenvalue weighted by molar-refractivity contribution is 0.0535. The van der Waals surface area contributed by atoms with Crippen LogP contribution in [0.15, 0.2) is 29.8 Å². The standard InChI is InChI=1S/C24H31N5O3S/c1-17-23(33-16-26-17)9-10-28-13-20-5-6-21(14-28)29(20)12-19(27-24(30)31-2)15-32-22-7-3-18(11-25)4-8-22/h3-4,7-8,16,19-21H,5-6,9-10,12-15H2,1-2H3,(H,27,30)/t19-,20?,21?/m0/s1. The molecule has 2 aliphatic heterocycles. The monoisotopic (exact) mass is 469 g/mol. The van der Waals surface area contributed by atoms with Crippen LogP contribution in [0, 0.1) is 18.3 Å². The molecule has 0 radical (unpaired) electrons. The molecule has 3 atom stereocenters. The van der Waals surface area contributed by atoms with Gasteiger partial charge >= 0.3 is 6.09 Å². The van der Waals surface area contributed by atoms with E-state index in [9.17, 15) is 4.79 Å². The van der Waals surface area contributed by atoms with Crippen LogP contribution in [-0.2, 0) is 11.2 Å². The molecule has 2 aliphatic rings. The van der Waals surface area contributed by atoms with Gasteiger partial charge in [0.1, 0.15) is 12.4 Å². The van der Waals surface area contributed by atoms with Gasteiger partial charge in [-0.15, -0.1) is 11.3 Å². The summed E-state index contributed by atoms with van der Waals surface area (Å²) < 4.78 is 10.8. The number of methoxy groups -OCH3 is 1. The fourth-order valence-corrected chi connectivity index (χ4v) is 5.60. The second kappa shape index (κ2) is 11.0. The molecule has 0 aliphatic carbocycles. The average molecular weight is 470 g/mol. The second-order valence-electron chi connectivity index (χ2n) is 8.73. The van der Waals surface area contributed by atoms with Crippen molar-refractivity contribution in [2.75, 3.05) is 39.9 Å². The Morgan fingerprint density at radius 3 is 2.64 bits per heavy atom. The van der Waals surface area contributed by atoms with Gasteiger partial charge in [0.05, 0.1) is 36.0 Å². The first-order valence-electron chi connectivity index (χ1n) is 11.4. The Labute approximate surface area is 199 Å². The minimum absolute atomic E-state index is 0.192. The number of likely N-dealkylation sites (tertiary alicyclic amines) is 1. The zero-order valence-corrected chi connectivity index (χ0v) is 20.0. The summed E-state index contributed by atoms with van der Waals surface area (Å²) in [7, 11) is 1.38. The highest BCUT2D eigenvalue weighted by Crippen LogP contribution is 2.30. The number of carbonyl (C=O) groups excluding carboxylic acids is 1. The number of aryl methyl sites for hydroxylation is 1. The van der Waals surface area contributed by atoms with Crippen molar-refractivity contribution in [1.29, 1.82) is 5.26 Å². The number of alkyl carbamates (subject to hydrolysis) is 1. The van der Waals surface area contributed by atoms with E-state index in [-0.39, 0.29) is 6.04 Å². The minimum atomic E-state index is -0.450. The van der Waals surface area contributed by atoms with Crippen LogP contribution in [0.25, 0.3) is 0 Å². The maximum atomic E-state index is 12.0. The molecular weight excluding hydrogens is 438 g/mol. The Kier molecular flexibility index (Phi) is 7.81. The highest BCUT2D eigenvalue weighted by Gasteiger charge is 2.40. The Hall–Kier alpha value is -2.67. The van der Waals surface area contributed by atoms with E-state index in [1.165, 1.54) is 24.8 Å². The lowest BCUT2D eigenvalue weighted by atomic mass is 10.1. The van der Waals surface area contributed by atoms with Crippen LogP contribution in [0.5, 0.6) is 5.75 Å². The van der Waals surface area contributed by atoms with Crippen molar-refractivity contribution in [3.05, 3.63) is 45.9 Å². The molecule has 1 aromatic carbocycles. The molecule has 0 saturated carbocycles. The number of ether oxygens (including phenoxy) is 2. The van der Waals surface area contributed by atoms with Crippen LogP contribution in [0.1, 0.15) is 29.0 Å². The van der Waals surface area contributed by atoms with Crippen molar-refractivity contribution in [3.8, 4) is 11.8 Å². The molecule has 2 fully saturated rings. The van der Waals surface area contributed by atoms with Gasteiger partial charge in [-0.2, -0.15) is 5.26 Å².